The molecule has 0 saturated carbocycles. The molecular weight excluding hydrogens is 245 g/mol. The monoisotopic (exact) mass is 260 g/mol. The van der Waals surface area contributed by atoms with E-state index in [-0.39, 0.29) is 12.2 Å². The van der Waals surface area contributed by atoms with E-state index in [9.17, 15) is 21.6 Å². The first-order chi connectivity index (χ1) is 7.24. The molecule has 0 bridgehead atoms. The number of alkyl halides is 3. The van der Waals surface area contributed by atoms with Crippen molar-refractivity contribution in [3.8, 4) is 0 Å². The van der Waals surface area contributed by atoms with E-state index in [0.29, 0.717) is 6.42 Å². The molecule has 0 radical (unpaired) electrons. The van der Waals surface area contributed by atoms with Gasteiger partial charge in [0.15, 0.2) is 0 Å². The van der Waals surface area contributed by atoms with Crippen LogP contribution in [0.25, 0.3) is 0 Å². The van der Waals surface area contributed by atoms with E-state index >= 15 is 0 Å². The van der Waals surface area contributed by atoms with Crippen LogP contribution in [0.4, 0.5) is 13.2 Å². The highest BCUT2D eigenvalue weighted by atomic mass is 32.2. The Balaban J connectivity index is 4.46. The molecule has 0 aromatic carbocycles. The zero-order valence-corrected chi connectivity index (χ0v) is 9.99. The first kappa shape index (κ1) is 15.3. The Hall–Kier alpha value is -0.720. The second-order valence-corrected chi connectivity index (χ2v) is 4.73. The van der Waals surface area contributed by atoms with E-state index in [1.54, 1.807) is 0 Å². The summed E-state index contributed by atoms with van der Waals surface area (Å²) in [6, 6.07) is 0. The highest BCUT2D eigenvalue weighted by Crippen LogP contribution is 2.27. The van der Waals surface area contributed by atoms with Gasteiger partial charge in [0.05, 0.1) is 0 Å². The van der Waals surface area contributed by atoms with Crippen LogP contribution < -0.4 is 0 Å². The van der Waals surface area contributed by atoms with Crippen LogP contribution in [0.5, 0.6) is 0 Å². The topological polar surface area (TPSA) is 43.4 Å². The van der Waals surface area contributed by atoms with Gasteiger partial charge in [0.25, 0.3) is 0 Å². The first-order valence-electron chi connectivity index (χ1n) is 4.90. The van der Waals surface area contributed by atoms with Crippen molar-refractivity contribution in [2.45, 2.75) is 45.0 Å². The lowest BCUT2D eigenvalue weighted by Crippen LogP contribution is -2.25. The maximum atomic E-state index is 12.0. The molecule has 0 heterocycles. The predicted molar refractivity (Wildman–Crippen MR) is 54.0 cm³/mol. The van der Waals surface area contributed by atoms with Gasteiger partial charge in [-0.1, -0.05) is 19.8 Å². The van der Waals surface area contributed by atoms with Gasteiger partial charge in [-0.25, -0.2) is 0 Å². The van der Waals surface area contributed by atoms with E-state index in [1.165, 1.54) is 13.0 Å². The van der Waals surface area contributed by atoms with E-state index in [2.05, 4.69) is 4.18 Å². The van der Waals surface area contributed by atoms with E-state index < -0.39 is 15.6 Å². The molecule has 0 rings (SSSR count). The lowest BCUT2D eigenvalue weighted by atomic mass is 10.2. The third-order valence-corrected chi connectivity index (χ3v) is 2.85. The Morgan fingerprint density at radius 2 is 1.88 bits per heavy atom. The molecule has 16 heavy (non-hydrogen) atoms. The van der Waals surface area contributed by atoms with Crippen molar-refractivity contribution in [1.29, 1.82) is 0 Å². The van der Waals surface area contributed by atoms with Gasteiger partial charge in [-0.05, 0) is 19.4 Å². The van der Waals surface area contributed by atoms with Crippen molar-refractivity contribution in [3.05, 3.63) is 11.8 Å². The number of halogens is 3. The van der Waals surface area contributed by atoms with Crippen LogP contribution in [0.15, 0.2) is 11.8 Å². The predicted octanol–water partition coefficient (Wildman–Crippen LogP) is 3.34. The minimum atomic E-state index is -5.51. The summed E-state index contributed by atoms with van der Waals surface area (Å²) >= 11 is 0. The van der Waals surface area contributed by atoms with Crippen molar-refractivity contribution in [2.24, 2.45) is 0 Å². The highest BCUT2D eigenvalue weighted by Gasteiger charge is 2.48. The molecular formula is C9H15F3O3S. The molecule has 0 aromatic heterocycles. The zero-order chi connectivity index (χ0) is 12.8. The largest absolute Gasteiger partial charge is 0.534 e. The van der Waals surface area contributed by atoms with Crippen LogP contribution in [-0.4, -0.2) is 13.9 Å². The molecule has 0 N–H and O–H groups in total. The lowest BCUT2D eigenvalue weighted by molar-refractivity contribution is -0.0523. The second-order valence-electron chi connectivity index (χ2n) is 3.20. The molecule has 0 atom stereocenters. The molecule has 0 aliphatic carbocycles. The molecule has 0 aliphatic heterocycles. The third kappa shape index (κ3) is 4.87. The third-order valence-electron chi connectivity index (χ3n) is 1.85. The zero-order valence-electron chi connectivity index (χ0n) is 9.17. The van der Waals surface area contributed by atoms with Crippen LogP contribution in [-0.2, 0) is 14.3 Å². The van der Waals surface area contributed by atoms with Gasteiger partial charge in [-0.2, -0.15) is 21.6 Å². The fraction of sp³-hybridized carbons (Fsp3) is 0.778. The van der Waals surface area contributed by atoms with Crippen molar-refractivity contribution in [2.75, 3.05) is 0 Å². The quantitative estimate of drug-likeness (QED) is 0.318. The molecule has 0 aromatic rings. The molecule has 0 spiro atoms. The number of allylic oxidation sites excluding steroid dienone is 2. The lowest BCUT2D eigenvalue weighted by Gasteiger charge is -2.11. The summed E-state index contributed by atoms with van der Waals surface area (Å²) in [6.07, 6.45) is 3.73. The summed E-state index contributed by atoms with van der Waals surface area (Å²) < 4.78 is 61.3. The second kappa shape index (κ2) is 6.12. The average Bonchev–Trinajstić information content (AvgIpc) is 2.14. The maximum absolute atomic E-state index is 12.0. The average molecular weight is 260 g/mol. The van der Waals surface area contributed by atoms with Gasteiger partial charge < -0.3 is 4.18 Å². The molecule has 0 saturated heterocycles. The van der Waals surface area contributed by atoms with Crippen molar-refractivity contribution >= 4 is 10.1 Å². The minimum Gasteiger partial charge on any atom is -0.381 e. The minimum absolute atomic E-state index is 0.161. The maximum Gasteiger partial charge on any atom is 0.534 e. The van der Waals surface area contributed by atoms with E-state index in [1.807, 2.05) is 6.92 Å². The van der Waals surface area contributed by atoms with Crippen LogP contribution in [0, 0.1) is 0 Å². The Bertz CT molecular complexity index is 330. The number of rotatable bonds is 6. The van der Waals surface area contributed by atoms with Gasteiger partial charge >= 0.3 is 15.6 Å². The summed E-state index contributed by atoms with van der Waals surface area (Å²) in [5, 5.41) is 0. The van der Waals surface area contributed by atoms with Gasteiger partial charge in [0, 0.05) is 6.42 Å². The summed E-state index contributed by atoms with van der Waals surface area (Å²) in [6.45, 7) is 3.37. The van der Waals surface area contributed by atoms with E-state index in [0.717, 1.165) is 12.8 Å². The molecule has 0 aliphatic rings. The number of hydrogen-bond acceptors (Lipinski definition) is 3. The number of unbranched alkanes of at least 4 members (excludes halogenated alkanes) is 2. The molecule has 0 amide bonds. The Kier molecular flexibility index (Phi) is 5.85. The van der Waals surface area contributed by atoms with Gasteiger partial charge in [0.1, 0.15) is 5.76 Å². The summed E-state index contributed by atoms with van der Waals surface area (Å²) in [5.74, 6) is -0.161. The SMILES string of the molecule is C/C=C(\CCCCC)OS(=O)(=O)C(F)(F)F. The molecule has 3 nitrogen and oxygen atoms in total. The summed E-state index contributed by atoms with van der Waals surface area (Å²) in [7, 11) is -5.51. The van der Waals surface area contributed by atoms with Crippen molar-refractivity contribution < 1.29 is 25.8 Å². The van der Waals surface area contributed by atoms with Crippen LogP contribution in [0.3, 0.4) is 0 Å². The fourth-order valence-electron chi connectivity index (χ4n) is 0.972. The molecule has 0 unspecified atom stereocenters. The van der Waals surface area contributed by atoms with E-state index in [4.69, 9.17) is 0 Å². The summed E-state index contributed by atoms with van der Waals surface area (Å²) in [4.78, 5) is 0. The van der Waals surface area contributed by atoms with Crippen LogP contribution >= 0.6 is 0 Å². The molecule has 7 heteroatoms. The fourth-order valence-corrected chi connectivity index (χ4v) is 1.53. The summed E-state index contributed by atoms with van der Waals surface area (Å²) in [5.41, 5.74) is -5.37. The van der Waals surface area contributed by atoms with Crippen LogP contribution in [0.2, 0.25) is 0 Å². The first-order valence-corrected chi connectivity index (χ1v) is 6.31. The van der Waals surface area contributed by atoms with Gasteiger partial charge in [-0.3, -0.25) is 0 Å². The normalized spacial score (nSPS) is 13.9. The van der Waals surface area contributed by atoms with Gasteiger partial charge in [-0.15, -0.1) is 0 Å². The van der Waals surface area contributed by atoms with Crippen molar-refractivity contribution in [1.82, 2.24) is 0 Å². The smallest absolute Gasteiger partial charge is 0.381 e. The molecule has 0 fully saturated rings. The van der Waals surface area contributed by atoms with Crippen molar-refractivity contribution in [3.63, 3.8) is 0 Å². The Morgan fingerprint density at radius 3 is 2.25 bits per heavy atom. The number of hydrogen-bond donors (Lipinski definition) is 0. The molecule has 96 valence electrons. The van der Waals surface area contributed by atoms with Gasteiger partial charge in [0.2, 0.25) is 0 Å². The standard InChI is InChI=1S/C9H15F3O3S/c1-3-5-6-7-8(4-2)15-16(13,14)9(10,11)12/h4H,3,5-7H2,1-2H3/b8-4+. The van der Waals surface area contributed by atoms with Crippen LogP contribution in [0.1, 0.15) is 39.5 Å². The highest BCUT2D eigenvalue weighted by molar-refractivity contribution is 7.87. The Labute approximate surface area is 93.4 Å². The Morgan fingerprint density at radius 1 is 1.31 bits per heavy atom.